The third kappa shape index (κ3) is 2.68. The van der Waals surface area contributed by atoms with Crippen molar-refractivity contribution in [3.05, 3.63) is 0 Å². The highest BCUT2D eigenvalue weighted by atomic mass is 16.5. The van der Waals surface area contributed by atoms with E-state index in [0.29, 0.717) is 12.3 Å². The third-order valence-corrected chi connectivity index (χ3v) is 5.35. The Kier molecular flexibility index (Phi) is 4.20. The molecule has 2 amide bonds. The minimum absolute atomic E-state index is 0.0473. The van der Waals surface area contributed by atoms with Gasteiger partial charge in [-0.1, -0.05) is 19.8 Å². The monoisotopic (exact) mass is 294 g/mol. The quantitative estimate of drug-likeness (QED) is 0.857. The van der Waals surface area contributed by atoms with Crippen LogP contribution in [0.3, 0.4) is 0 Å². The van der Waals surface area contributed by atoms with Crippen LogP contribution < -0.4 is 5.32 Å². The van der Waals surface area contributed by atoms with Crippen molar-refractivity contribution < 1.29 is 14.3 Å². The maximum Gasteiger partial charge on any atom is 0.249 e. The van der Waals surface area contributed by atoms with Gasteiger partial charge in [0, 0.05) is 19.8 Å². The SMILES string of the molecule is CCC1C(=O)NC2(CCCC2)C(=O)N1CC1CCOCC1. The largest absolute Gasteiger partial charge is 0.381 e. The van der Waals surface area contributed by atoms with Crippen LogP contribution in [0.5, 0.6) is 0 Å². The van der Waals surface area contributed by atoms with Crippen LogP contribution in [0.1, 0.15) is 51.9 Å². The molecule has 1 saturated carbocycles. The Labute approximate surface area is 126 Å². The van der Waals surface area contributed by atoms with Gasteiger partial charge in [0.2, 0.25) is 11.8 Å². The minimum atomic E-state index is -0.589. The summed E-state index contributed by atoms with van der Waals surface area (Å²) in [4.78, 5) is 27.4. The number of carbonyl (C=O) groups excluding carboxylic acids is 2. The molecular formula is C16H26N2O3. The zero-order valence-electron chi connectivity index (χ0n) is 12.9. The third-order valence-electron chi connectivity index (χ3n) is 5.35. The van der Waals surface area contributed by atoms with E-state index >= 15 is 0 Å². The molecule has 118 valence electrons. The summed E-state index contributed by atoms with van der Waals surface area (Å²) in [6, 6.07) is -0.286. The molecule has 0 radical (unpaired) electrons. The van der Waals surface area contributed by atoms with E-state index in [-0.39, 0.29) is 17.9 Å². The summed E-state index contributed by atoms with van der Waals surface area (Å²) < 4.78 is 5.40. The summed E-state index contributed by atoms with van der Waals surface area (Å²) in [5.41, 5.74) is -0.589. The maximum atomic E-state index is 13.0. The number of piperazine rings is 1. The fourth-order valence-electron chi connectivity index (χ4n) is 4.07. The molecule has 0 bridgehead atoms. The molecule has 0 aromatic carbocycles. The molecular weight excluding hydrogens is 268 g/mol. The van der Waals surface area contributed by atoms with Crippen LogP contribution in [0, 0.1) is 5.92 Å². The van der Waals surface area contributed by atoms with Gasteiger partial charge in [-0.2, -0.15) is 0 Å². The summed E-state index contributed by atoms with van der Waals surface area (Å²) >= 11 is 0. The van der Waals surface area contributed by atoms with Crippen molar-refractivity contribution in [2.45, 2.75) is 63.5 Å². The number of hydrogen-bond acceptors (Lipinski definition) is 3. The zero-order chi connectivity index (χ0) is 14.9. The lowest BCUT2D eigenvalue weighted by molar-refractivity contribution is -0.156. The van der Waals surface area contributed by atoms with Gasteiger partial charge in [0.25, 0.3) is 0 Å². The van der Waals surface area contributed by atoms with E-state index in [1.165, 1.54) is 0 Å². The minimum Gasteiger partial charge on any atom is -0.381 e. The highest BCUT2D eigenvalue weighted by Gasteiger charge is 2.51. The summed E-state index contributed by atoms with van der Waals surface area (Å²) in [7, 11) is 0. The Bertz CT molecular complexity index is 412. The Morgan fingerprint density at radius 2 is 1.90 bits per heavy atom. The van der Waals surface area contributed by atoms with Gasteiger partial charge in [0.15, 0.2) is 0 Å². The van der Waals surface area contributed by atoms with Crippen molar-refractivity contribution in [3.63, 3.8) is 0 Å². The smallest absolute Gasteiger partial charge is 0.249 e. The summed E-state index contributed by atoms with van der Waals surface area (Å²) in [5, 5.41) is 3.05. The summed E-state index contributed by atoms with van der Waals surface area (Å²) in [5.74, 6) is 0.685. The molecule has 2 aliphatic heterocycles. The standard InChI is InChI=1S/C16H26N2O3/c1-2-13-14(19)17-16(7-3-4-8-16)15(20)18(13)11-12-5-9-21-10-6-12/h12-13H,2-11H2,1H3,(H,17,19). The molecule has 3 aliphatic rings. The molecule has 2 heterocycles. The first-order valence-corrected chi connectivity index (χ1v) is 8.37. The molecule has 21 heavy (non-hydrogen) atoms. The Morgan fingerprint density at radius 3 is 2.52 bits per heavy atom. The average Bonchev–Trinajstić information content (AvgIpc) is 2.95. The number of amides is 2. The van der Waals surface area contributed by atoms with Gasteiger partial charge in [0.1, 0.15) is 11.6 Å². The van der Waals surface area contributed by atoms with Gasteiger partial charge in [-0.25, -0.2) is 0 Å². The molecule has 1 unspecified atom stereocenters. The maximum absolute atomic E-state index is 13.0. The molecule has 5 heteroatoms. The average molecular weight is 294 g/mol. The molecule has 3 fully saturated rings. The Hall–Kier alpha value is -1.10. The number of ether oxygens (including phenoxy) is 1. The van der Waals surface area contributed by atoms with Crippen LogP contribution in [0.25, 0.3) is 0 Å². The highest BCUT2D eigenvalue weighted by Crippen LogP contribution is 2.35. The normalized spacial score (nSPS) is 30.0. The number of carbonyl (C=O) groups is 2. The van der Waals surface area contributed by atoms with Crippen molar-refractivity contribution in [2.24, 2.45) is 5.92 Å². The van der Waals surface area contributed by atoms with E-state index < -0.39 is 5.54 Å². The number of nitrogens with one attached hydrogen (secondary N) is 1. The lowest BCUT2D eigenvalue weighted by Gasteiger charge is -2.45. The van der Waals surface area contributed by atoms with Gasteiger partial charge in [0.05, 0.1) is 0 Å². The van der Waals surface area contributed by atoms with Crippen molar-refractivity contribution >= 4 is 11.8 Å². The van der Waals surface area contributed by atoms with Gasteiger partial charge < -0.3 is 15.0 Å². The van der Waals surface area contributed by atoms with Crippen LogP contribution in [0.15, 0.2) is 0 Å². The van der Waals surface area contributed by atoms with Crippen LogP contribution in [0.4, 0.5) is 0 Å². The fourth-order valence-corrected chi connectivity index (χ4v) is 4.07. The van der Waals surface area contributed by atoms with Crippen molar-refractivity contribution in [1.29, 1.82) is 0 Å². The fraction of sp³-hybridized carbons (Fsp3) is 0.875. The molecule has 1 aliphatic carbocycles. The second-order valence-electron chi connectivity index (χ2n) is 6.72. The number of nitrogens with zero attached hydrogens (tertiary/aromatic N) is 1. The van der Waals surface area contributed by atoms with Crippen LogP contribution in [-0.4, -0.2) is 48.1 Å². The van der Waals surface area contributed by atoms with E-state index in [2.05, 4.69) is 5.32 Å². The molecule has 5 nitrogen and oxygen atoms in total. The molecule has 0 aromatic rings. The highest BCUT2D eigenvalue weighted by molar-refractivity contribution is 6.00. The molecule has 0 aromatic heterocycles. The first-order valence-electron chi connectivity index (χ1n) is 8.37. The van der Waals surface area contributed by atoms with E-state index in [0.717, 1.165) is 58.3 Å². The Balaban J connectivity index is 1.78. The predicted octanol–water partition coefficient (Wildman–Crippen LogP) is 1.46. The predicted molar refractivity (Wildman–Crippen MR) is 78.7 cm³/mol. The molecule has 3 rings (SSSR count). The zero-order valence-corrected chi connectivity index (χ0v) is 12.9. The lowest BCUT2D eigenvalue weighted by atomic mass is 9.88. The Morgan fingerprint density at radius 1 is 1.24 bits per heavy atom. The van der Waals surface area contributed by atoms with Crippen LogP contribution in [0.2, 0.25) is 0 Å². The molecule has 1 N–H and O–H groups in total. The van der Waals surface area contributed by atoms with Crippen LogP contribution in [-0.2, 0) is 14.3 Å². The molecule has 2 saturated heterocycles. The van der Waals surface area contributed by atoms with Gasteiger partial charge >= 0.3 is 0 Å². The van der Waals surface area contributed by atoms with Crippen molar-refractivity contribution in [2.75, 3.05) is 19.8 Å². The number of rotatable bonds is 3. The van der Waals surface area contributed by atoms with Gasteiger partial charge in [-0.05, 0) is 38.0 Å². The summed E-state index contributed by atoms with van der Waals surface area (Å²) in [6.07, 6.45) is 6.36. The lowest BCUT2D eigenvalue weighted by Crippen LogP contribution is -2.69. The van der Waals surface area contributed by atoms with E-state index in [9.17, 15) is 9.59 Å². The van der Waals surface area contributed by atoms with Crippen LogP contribution >= 0.6 is 0 Å². The topological polar surface area (TPSA) is 58.6 Å². The van der Waals surface area contributed by atoms with E-state index in [1.807, 2.05) is 11.8 Å². The number of hydrogen-bond donors (Lipinski definition) is 1. The van der Waals surface area contributed by atoms with Crippen molar-refractivity contribution in [1.82, 2.24) is 10.2 Å². The first kappa shape index (κ1) is 14.8. The van der Waals surface area contributed by atoms with Gasteiger partial charge in [-0.15, -0.1) is 0 Å². The van der Waals surface area contributed by atoms with E-state index in [4.69, 9.17) is 4.74 Å². The molecule has 1 spiro atoms. The first-order chi connectivity index (χ1) is 10.2. The summed E-state index contributed by atoms with van der Waals surface area (Å²) in [6.45, 7) is 4.26. The van der Waals surface area contributed by atoms with Gasteiger partial charge in [-0.3, -0.25) is 9.59 Å². The second-order valence-corrected chi connectivity index (χ2v) is 6.72. The van der Waals surface area contributed by atoms with Crippen molar-refractivity contribution in [3.8, 4) is 0 Å². The molecule has 1 atom stereocenters. The second kappa shape index (κ2) is 5.95. The van der Waals surface area contributed by atoms with E-state index in [1.54, 1.807) is 0 Å².